The zero-order valence-corrected chi connectivity index (χ0v) is 8.42. The van der Waals surface area contributed by atoms with Gasteiger partial charge in [0.2, 0.25) is 0 Å². The highest BCUT2D eigenvalue weighted by Crippen LogP contribution is 2.35. The fourth-order valence-corrected chi connectivity index (χ4v) is 2.59. The van der Waals surface area contributed by atoms with Crippen molar-refractivity contribution in [1.82, 2.24) is 0 Å². The van der Waals surface area contributed by atoms with Gasteiger partial charge in [-0.3, -0.25) is 0 Å². The van der Waals surface area contributed by atoms with Crippen molar-refractivity contribution in [2.75, 3.05) is 29.9 Å². The SMILES string of the molecule is c1cc2c3c(c1)NCCN3CCCC2. The second-order valence-electron chi connectivity index (χ2n) is 4.18. The molecule has 2 heterocycles. The molecule has 0 unspecified atom stereocenters. The minimum absolute atomic E-state index is 1.09. The lowest BCUT2D eigenvalue weighted by molar-refractivity contribution is 0.714. The Morgan fingerprint density at radius 2 is 2.14 bits per heavy atom. The summed E-state index contributed by atoms with van der Waals surface area (Å²) in [5, 5.41) is 3.49. The Labute approximate surface area is 84.9 Å². The fraction of sp³-hybridized carbons (Fsp3) is 0.500. The second kappa shape index (κ2) is 3.19. The fourth-order valence-electron chi connectivity index (χ4n) is 2.59. The number of hydrogen-bond donors (Lipinski definition) is 1. The highest BCUT2D eigenvalue weighted by Gasteiger charge is 2.21. The van der Waals surface area contributed by atoms with Crippen molar-refractivity contribution >= 4 is 11.4 Å². The minimum Gasteiger partial charge on any atom is -0.382 e. The Morgan fingerprint density at radius 1 is 1.14 bits per heavy atom. The number of benzene rings is 1. The molecule has 2 aliphatic heterocycles. The Morgan fingerprint density at radius 3 is 3.14 bits per heavy atom. The van der Waals surface area contributed by atoms with Crippen LogP contribution >= 0.6 is 0 Å². The first-order valence-electron chi connectivity index (χ1n) is 5.56. The summed E-state index contributed by atoms with van der Waals surface area (Å²) in [4.78, 5) is 2.55. The predicted octanol–water partition coefficient (Wildman–Crippen LogP) is 2.25. The molecule has 1 N–H and O–H groups in total. The van der Waals surface area contributed by atoms with Crippen LogP contribution in [0.25, 0.3) is 0 Å². The molecule has 1 aromatic rings. The average molecular weight is 188 g/mol. The first kappa shape index (κ1) is 8.16. The molecule has 0 amide bonds. The number of nitrogens with zero attached hydrogens (tertiary/aromatic N) is 1. The van der Waals surface area contributed by atoms with E-state index in [-0.39, 0.29) is 0 Å². The van der Waals surface area contributed by atoms with Crippen molar-refractivity contribution in [1.29, 1.82) is 0 Å². The minimum atomic E-state index is 1.09. The highest BCUT2D eigenvalue weighted by atomic mass is 15.2. The lowest BCUT2D eigenvalue weighted by Gasteiger charge is -2.32. The Bertz CT molecular complexity index is 346. The number of nitrogens with one attached hydrogen (secondary N) is 1. The van der Waals surface area contributed by atoms with Crippen LogP contribution in [0.1, 0.15) is 18.4 Å². The van der Waals surface area contributed by atoms with E-state index in [9.17, 15) is 0 Å². The van der Waals surface area contributed by atoms with Crippen LogP contribution < -0.4 is 10.2 Å². The van der Waals surface area contributed by atoms with Gasteiger partial charge in [-0.2, -0.15) is 0 Å². The van der Waals surface area contributed by atoms with Gasteiger partial charge >= 0.3 is 0 Å². The molecule has 0 radical (unpaired) electrons. The zero-order chi connectivity index (χ0) is 9.38. The van der Waals surface area contributed by atoms with Crippen LogP contribution in [0.2, 0.25) is 0 Å². The molecule has 14 heavy (non-hydrogen) atoms. The van der Waals surface area contributed by atoms with E-state index < -0.39 is 0 Å². The van der Waals surface area contributed by atoms with Gasteiger partial charge in [-0.1, -0.05) is 12.1 Å². The van der Waals surface area contributed by atoms with Crippen molar-refractivity contribution in [2.45, 2.75) is 19.3 Å². The summed E-state index contributed by atoms with van der Waals surface area (Å²) in [5.74, 6) is 0. The zero-order valence-electron chi connectivity index (χ0n) is 8.42. The maximum Gasteiger partial charge on any atom is 0.0635 e. The maximum atomic E-state index is 3.49. The van der Waals surface area contributed by atoms with E-state index in [0.29, 0.717) is 0 Å². The molecule has 0 fully saturated rings. The van der Waals surface area contributed by atoms with Gasteiger partial charge < -0.3 is 10.2 Å². The molecule has 2 heteroatoms. The quantitative estimate of drug-likeness (QED) is 0.671. The average Bonchev–Trinajstić information content (AvgIpc) is 2.44. The summed E-state index contributed by atoms with van der Waals surface area (Å²) in [7, 11) is 0. The van der Waals surface area contributed by atoms with E-state index in [1.807, 2.05) is 0 Å². The first-order valence-corrected chi connectivity index (χ1v) is 5.56. The second-order valence-corrected chi connectivity index (χ2v) is 4.18. The van der Waals surface area contributed by atoms with E-state index in [2.05, 4.69) is 28.4 Å². The van der Waals surface area contributed by atoms with Crippen LogP contribution in [0.4, 0.5) is 11.4 Å². The van der Waals surface area contributed by atoms with Crippen molar-refractivity contribution in [3.8, 4) is 0 Å². The molecule has 2 nitrogen and oxygen atoms in total. The van der Waals surface area contributed by atoms with Crippen molar-refractivity contribution in [3.63, 3.8) is 0 Å². The predicted molar refractivity (Wildman–Crippen MR) is 60.1 cm³/mol. The van der Waals surface area contributed by atoms with Crippen LogP contribution in [-0.4, -0.2) is 19.6 Å². The Kier molecular flexibility index (Phi) is 1.86. The summed E-state index contributed by atoms with van der Waals surface area (Å²) in [6.45, 7) is 3.51. The Hall–Kier alpha value is -1.18. The number of para-hydroxylation sites is 1. The van der Waals surface area contributed by atoms with Gasteiger partial charge in [0, 0.05) is 19.6 Å². The molecule has 0 spiro atoms. The van der Waals surface area contributed by atoms with E-state index in [1.165, 1.54) is 49.3 Å². The molecule has 0 bridgehead atoms. The van der Waals surface area contributed by atoms with Crippen molar-refractivity contribution in [3.05, 3.63) is 23.8 Å². The third-order valence-corrected chi connectivity index (χ3v) is 3.26. The molecule has 0 saturated carbocycles. The molecule has 3 rings (SSSR count). The lowest BCUT2D eigenvalue weighted by atomic mass is 10.1. The van der Waals surface area contributed by atoms with Crippen LogP contribution in [0.3, 0.4) is 0 Å². The molecule has 0 aromatic heterocycles. The summed E-state index contributed by atoms with van der Waals surface area (Å²) in [6, 6.07) is 6.66. The largest absolute Gasteiger partial charge is 0.382 e. The van der Waals surface area contributed by atoms with Gasteiger partial charge in [-0.15, -0.1) is 0 Å². The molecule has 0 saturated heterocycles. The lowest BCUT2D eigenvalue weighted by Crippen LogP contribution is -2.34. The first-order chi connectivity index (χ1) is 6.95. The van der Waals surface area contributed by atoms with Gasteiger partial charge in [-0.25, -0.2) is 0 Å². The Balaban J connectivity index is 2.14. The summed E-state index contributed by atoms with van der Waals surface area (Å²) >= 11 is 0. The van der Waals surface area contributed by atoms with Crippen LogP contribution in [0.15, 0.2) is 18.2 Å². The summed E-state index contributed by atoms with van der Waals surface area (Å²) in [6.07, 6.45) is 3.93. The normalized spacial score (nSPS) is 19.6. The smallest absolute Gasteiger partial charge is 0.0635 e. The van der Waals surface area contributed by atoms with Crippen LogP contribution in [0.5, 0.6) is 0 Å². The van der Waals surface area contributed by atoms with E-state index in [0.717, 1.165) is 6.54 Å². The molecule has 2 aliphatic rings. The molecule has 74 valence electrons. The van der Waals surface area contributed by atoms with Gasteiger partial charge in [0.25, 0.3) is 0 Å². The maximum absolute atomic E-state index is 3.49. The monoisotopic (exact) mass is 188 g/mol. The van der Waals surface area contributed by atoms with Gasteiger partial charge in [0.1, 0.15) is 0 Å². The van der Waals surface area contributed by atoms with Crippen molar-refractivity contribution in [2.24, 2.45) is 0 Å². The molecule has 0 atom stereocenters. The number of aryl methyl sites for hydroxylation is 1. The number of anilines is 2. The number of hydrogen-bond acceptors (Lipinski definition) is 2. The standard InChI is InChI=1S/C12H16N2/c1-2-8-14-9-7-13-11-6-3-5-10(4-1)12(11)14/h3,5-6,13H,1-2,4,7-9H2. The van der Waals surface area contributed by atoms with E-state index in [4.69, 9.17) is 0 Å². The van der Waals surface area contributed by atoms with Crippen LogP contribution in [-0.2, 0) is 6.42 Å². The van der Waals surface area contributed by atoms with E-state index in [1.54, 1.807) is 0 Å². The topological polar surface area (TPSA) is 15.3 Å². The highest BCUT2D eigenvalue weighted by molar-refractivity contribution is 5.76. The third kappa shape index (κ3) is 1.17. The van der Waals surface area contributed by atoms with E-state index >= 15 is 0 Å². The number of rotatable bonds is 0. The summed E-state index contributed by atoms with van der Waals surface area (Å²) in [5.41, 5.74) is 4.36. The molecular weight excluding hydrogens is 172 g/mol. The third-order valence-electron chi connectivity index (χ3n) is 3.26. The molecule has 1 aromatic carbocycles. The molecule has 0 aliphatic carbocycles. The van der Waals surface area contributed by atoms with Gasteiger partial charge in [0.05, 0.1) is 11.4 Å². The molecular formula is C12H16N2. The van der Waals surface area contributed by atoms with Crippen LogP contribution in [0, 0.1) is 0 Å². The summed E-state index contributed by atoms with van der Waals surface area (Å²) < 4.78 is 0. The van der Waals surface area contributed by atoms with Gasteiger partial charge in [-0.05, 0) is 30.9 Å². The van der Waals surface area contributed by atoms with Crippen molar-refractivity contribution < 1.29 is 0 Å². The van der Waals surface area contributed by atoms with Gasteiger partial charge in [0.15, 0.2) is 0 Å².